The van der Waals surface area contributed by atoms with Crippen LogP contribution in [0.2, 0.25) is 0 Å². The van der Waals surface area contributed by atoms with E-state index in [4.69, 9.17) is 4.74 Å². The summed E-state index contributed by atoms with van der Waals surface area (Å²) in [5.74, 6) is -0.297. The molecule has 1 heterocycles. The third-order valence-electron chi connectivity index (χ3n) is 3.63. The molecule has 1 unspecified atom stereocenters. The van der Waals surface area contributed by atoms with E-state index in [0.29, 0.717) is 11.3 Å². The Labute approximate surface area is 147 Å². The second-order valence-electron chi connectivity index (χ2n) is 6.72. The Kier molecular flexibility index (Phi) is 5.75. The molecule has 0 aliphatic heterocycles. The molecule has 6 nitrogen and oxygen atoms in total. The van der Waals surface area contributed by atoms with Crippen LogP contribution in [0.25, 0.3) is 0 Å². The van der Waals surface area contributed by atoms with Crippen LogP contribution in [0, 0.1) is 0 Å². The van der Waals surface area contributed by atoms with E-state index >= 15 is 0 Å². The number of ether oxygens (including phenoxy) is 1. The number of benzene rings is 1. The van der Waals surface area contributed by atoms with Gasteiger partial charge >= 0.3 is 0 Å². The van der Waals surface area contributed by atoms with E-state index in [9.17, 15) is 9.59 Å². The lowest BCUT2D eigenvalue weighted by atomic mass is 9.87. The molecule has 132 valence electrons. The lowest BCUT2D eigenvalue weighted by Crippen LogP contribution is -2.47. The van der Waals surface area contributed by atoms with Crippen LogP contribution in [0.1, 0.15) is 43.6 Å². The average Bonchev–Trinajstić information content (AvgIpc) is 2.59. The van der Waals surface area contributed by atoms with Crippen LogP contribution in [0.5, 0.6) is 5.75 Å². The highest BCUT2D eigenvalue weighted by atomic mass is 16.5. The van der Waals surface area contributed by atoms with Crippen molar-refractivity contribution < 1.29 is 14.3 Å². The lowest BCUT2D eigenvalue weighted by molar-refractivity contribution is -0.128. The molecule has 1 atom stereocenters. The molecule has 2 aromatic rings. The first-order valence-corrected chi connectivity index (χ1v) is 8.05. The van der Waals surface area contributed by atoms with Crippen LogP contribution in [0.15, 0.2) is 48.8 Å². The van der Waals surface area contributed by atoms with E-state index in [1.807, 2.05) is 24.3 Å². The van der Waals surface area contributed by atoms with Gasteiger partial charge < -0.3 is 4.74 Å². The molecule has 0 aliphatic carbocycles. The predicted octanol–water partition coefficient (Wildman–Crippen LogP) is 2.61. The summed E-state index contributed by atoms with van der Waals surface area (Å²) in [6.07, 6.45) is 2.23. The van der Waals surface area contributed by atoms with Crippen LogP contribution in [0.4, 0.5) is 0 Å². The van der Waals surface area contributed by atoms with Gasteiger partial charge in [0.2, 0.25) is 0 Å². The van der Waals surface area contributed by atoms with E-state index in [1.54, 1.807) is 25.3 Å². The highest BCUT2D eigenvalue weighted by Crippen LogP contribution is 2.24. The number of hydrogen-bond acceptors (Lipinski definition) is 4. The van der Waals surface area contributed by atoms with Gasteiger partial charge in [0, 0.05) is 12.4 Å². The van der Waals surface area contributed by atoms with E-state index in [0.717, 1.165) is 0 Å². The molecule has 1 aromatic carbocycles. The Hall–Kier alpha value is -2.89. The number of carbonyl (C=O) groups excluding carboxylic acids is 2. The monoisotopic (exact) mass is 341 g/mol. The molecular weight excluding hydrogens is 318 g/mol. The van der Waals surface area contributed by atoms with Gasteiger partial charge in [0.25, 0.3) is 11.8 Å². The highest BCUT2D eigenvalue weighted by Gasteiger charge is 2.17. The maximum absolute atomic E-state index is 12.0. The minimum atomic E-state index is -0.755. The number of hydrazine groups is 1. The predicted molar refractivity (Wildman–Crippen MR) is 95.1 cm³/mol. The van der Waals surface area contributed by atoms with Crippen molar-refractivity contribution in [2.75, 3.05) is 0 Å². The van der Waals surface area contributed by atoms with Crippen molar-refractivity contribution in [3.8, 4) is 5.75 Å². The third-order valence-corrected chi connectivity index (χ3v) is 3.63. The van der Waals surface area contributed by atoms with Crippen molar-refractivity contribution in [3.63, 3.8) is 0 Å². The summed E-state index contributed by atoms with van der Waals surface area (Å²) in [4.78, 5) is 27.7. The number of rotatable bonds is 4. The molecular formula is C19H23N3O3. The third kappa shape index (κ3) is 5.31. The quantitative estimate of drug-likeness (QED) is 0.838. The molecule has 1 aromatic heterocycles. The summed E-state index contributed by atoms with van der Waals surface area (Å²) < 4.78 is 5.61. The standard InChI is InChI=1S/C19H23N3O3/c1-13(25-16-9-7-15(8-10-16)19(2,3)4)17(23)21-22-18(24)14-6-5-11-20-12-14/h5-13H,1-4H3,(H,21,23)(H,22,24). The van der Waals surface area contributed by atoms with Crippen LogP contribution in [-0.4, -0.2) is 22.9 Å². The molecule has 0 saturated heterocycles. The fourth-order valence-electron chi connectivity index (χ4n) is 2.08. The van der Waals surface area contributed by atoms with Crippen molar-refractivity contribution in [2.45, 2.75) is 39.2 Å². The van der Waals surface area contributed by atoms with Crippen molar-refractivity contribution in [1.82, 2.24) is 15.8 Å². The Morgan fingerprint density at radius 1 is 1.08 bits per heavy atom. The van der Waals surface area contributed by atoms with E-state index in [2.05, 4.69) is 36.6 Å². The fourth-order valence-corrected chi connectivity index (χ4v) is 2.08. The Bertz CT molecular complexity index is 722. The Morgan fingerprint density at radius 3 is 2.32 bits per heavy atom. The van der Waals surface area contributed by atoms with Crippen LogP contribution >= 0.6 is 0 Å². The summed E-state index contributed by atoms with van der Waals surface area (Å²) >= 11 is 0. The van der Waals surface area contributed by atoms with Crippen molar-refractivity contribution >= 4 is 11.8 Å². The zero-order valence-corrected chi connectivity index (χ0v) is 14.9. The SMILES string of the molecule is CC(Oc1ccc(C(C)(C)C)cc1)C(=O)NNC(=O)c1cccnc1. The van der Waals surface area contributed by atoms with Crippen molar-refractivity contribution in [1.29, 1.82) is 0 Å². The molecule has 0 fully saturated rings. The number of pyridine rings is 1. The topological polar surface area (TPSA) is 80.3 Å². The molecule has 0 saturated carbocycles. The number of carbonyl (C=O) groups is 2. The summed E-state index contributed by atoms with van der Waals surface area (Å²) in [7, 11) is 0. The lowest BCUT2D eigenvalue weighted by Gasteiger charge is -2.20. The summed E-state index contributed by atoms with van der Waals surface area (Å²) in [6.45, 7) is 8.00. The molecule has 0 spiro atoms. The second-order valence-corrected chi connectivity index (χ2v) is 6.72. The molecule has 6 heteroatoms. The Balaban J connectivity index is 1.87. The fraction of sp³-hybridized carbons (Fsp3) is 0.316. The van der Waals surface area contributed by atoms with Crippen molar-refractivity contribution in [2.24, 2.45) is 0 Å². The van der Waals surface area contributed by atoms with Gasteiger partial charge in [0.15, 0.2) is 6.10 Å². The van der Waals surface area contributed by atoms with Crippen LogP contribution < -0.4 is 15.6 Å². The minimum absolute atomic E-state index is 0.0537. The molecule has 0 bridgehead atoms. The molecule has 2 N–H and O–H groups in total. The maximum atomic E-state index is 12.0. The summed E-state index contributed by atoms with van der Waals surface area (Å²) in [6, 6.07) is 10.9. The van der Waals surface area contributed by atoms with Crippen LogP contribution in [-0.2, 0) is 10.2 Å². The van der Waals surface area contributed by atoms with Gasteiger partial charge in [-0.2, -0.15) is 0 Å². The largest absolute Gasteiger partial charge is 0.481 e. The van der Waals surface area contributed by atoms with Gasteiger partial charge in [-0.05, 0) is 42.2 Å². The van der Waals surface area contributed by atoms with Crippen molar-refractivity contribution in [3.05, 3.63) is 59.9 Å². The van der Waals surface area contributed by atoms with E-state index in [1.165, 1.54) is 11.8 Å². The molecule has 25 heavy (non-hydrogen) atoms. The first-order valence-electron chi connectivity index (χ1n) is 8.05. The zero-order chi connectivity index (χ0) is 18.4. The van der Waals surface area contributed by atoms with E-state index in [-0.39, 0.29) is 5.41 Å². The number of aromatic nitrogens is 1. The second kappa shape index (κ2) is 7.79. The number of hydrogen-bond donors (Lipinski definition) is 2. The molecule has 2 rings (SSSR count). The van der Waals surface area contributed by atoms with E-state index < -0.39 is 17.9 Å². The van der Waals surface area contributed by atoms with Crippen LogP contribution in [0.3, 0.4) is 0 Å². The van der Waals surface area contributed by atoms with Gasteiger partial charge in [-0.15, -0.1) is 0 Å². The maximum Gasteiger partial charge on any atom is 0.279 e. The summed E-state index contributed by atoms with van der Waals surface area (Å²) in [5, 5.41) is 0. The first-order chi connectivity index (χ1) is 11.8. The highest BCUT2D eigenvalue weighted by molar-refractivity contribution is 5.95. The average molecular weight is 341 g/mol. The van der Waals surface area contributed by atoms with Gasteiger partial charge in [-0.3, -0.25) is 25.4 Å². The molecule has 2 amide bonds. The van der Waals surface area contributed by atoms with Gasteiger partial charge in [0.1, 0.15) is 5.75 Å². The summed E-state index contributed by atoms with van der Waals surface area (Å²) in [5.41, 5.74) is 6.27. The minimum Gasteiger partial charge on any atom is -0.481 e. The number of amides is 2. The molecule has 0 radical (unpaired) electrons. The zero-order valence-electron chi connectivity index (χ0n) is 14.9. The smallest absolute Gasteiger partial charge is 0.279 e. The Morgan fingerprint density at radius 2 is 1.76 bits per heavy atom. The van der Waals surface area contributed by atoms with Gasteiger partial charge in [-0.1, -0.05) is 32.9 Å². The van der Waals surface area contributed by atoms with Gasteiger partial charge in [0.05, 0.1) is 5.56 Å². The van der Waals surface area contributed by atoms with Gasteiger partial charge in [-0.25, -0.2) is 0 Å². The number of nitrogens with zero attached hydrogens (tertiary/aromatic N) is 1. The number of nitrogens with one attached hydrogen (secondary N) is 2. The normalized spacial score (nSPS) is 12.2. The first kappa shape index (κ1) is 18.4. The molecule has 0 aliphatic rings.